The molecule has 0 spiro atoms. The zero-order valence-corrected chi connectivity index (χ0v) is 21.6. The Bertz CT molecular complexity index is 1130. The summed E-state index contributed by atoms with van der Waals surface area (Å²) in [5.74, 6) is -1.69. The highest BCUT2D eigenvalue weighted by Gasteiger charge is 2.32. The molecule has 0 radical (unpaired) electrons. The fourth-order valence-corrected chi connectivity index (χ4v) is 4.56. The van der Waals surface area contributed by atoms with E-state index in [0.29, 0.717) is 30.0 Å². The molecule has 0 saturated heterocycles. The number of nitrogens with one attached hydrogen (secondary N) is 1. The number of amides is 2. The van der Waals surface area contributed by atoms with Crippen LogP contribution in [0.2, 0.25) is 10.0 Å². The number of carbonyl (C=O) groups is 2. The van der Waals surface area contributed by atoms with E-state index in [9.17, 15) is 22.4 Å². The van der Waals surface area contributed by atoms with Gasteiger partial charge in [0.05, 0.1) is 17.0 Å². The number of hydrogen-bond acceptors (Lipinski definition) is 4. The van der Waals surface area contributed by atoms with Gasteiger partial charge in [0, 0.05) is 18.1 Å². The van der Waals surface area contributed by atoms with Gasteiger partial charge in [0.1, 0.15) is 18.4 Å². The first-order valence-corrected chi connectivity index (χ1v) is 13.3. The van der Waals surface area contributed by atoms with E-state index in [1.54, 1.807) is 31.2 Å². The average Bonchev–Trinajstić information content (AvgIpc) is 2.78. The first-order valence-electron chi connectivity index (χ1n) is 10.7. The number of sulfonamides is 1. The second-order valence-corrected chi connectivity index (χ2v) is 10.4. The van der Waals surface area contributed by atoms with Crippen molar-refractivity contribution in [2.24, 2.45) is 0 Å². The van der Waals surface area contributed by atoms with Crippen molar-refractivity contribution in [3.63, 3.8) is 0 Å². The van der Waals surface area contributed by atoms with Crippen molar-refractivity contribution in [1.29, 1.82) is 0 Å². The number of hydrogen-bond donors (Lipinski definition) is 1. The van der Waals surface area contributed by atoms with Gasteiger partial charge in [0.2, 0.25) is 21.8 Å². The predicted octanol–water partition coefficient (Wildman–Crippen LogP) is 4.23. The molecule has 0 aromatic heterocycles. The molecular formula is C23H28Cl2FN3O4S. The number of anilines is 1. The zero-order chi connectivity index (χ0) is 25.5. The summed E-state index contributed by atoms with van der Waals surface area (Å²) in [6.45, 7) is 3.50. The van der Waals surface area contributed by atoms with Crippen molar-refractivity contribution < 1.29 is 22.4 Å². The molecular weight excluding hydrogens is 504 g/mol. The van der Waals surface area contributed by atoms with Gasteiger partial charge in [-0.15, -0.1) is 0 Å². The lowest BCUT2D eigenvalue weighted by molar-refractivity contribution is -0.140. The lowest BCUT2D eigenvalue weighted by atomic mass is 10.1. The van der Waals surface area contributed by atoms with Crippen LogP contribution < -0.4 is 9.62 Å². The van der Waals surface area contributed by atoms with Gasteiger partial charge in [0.15, 0.2) is 0 Å². The smallest absolute Gasteiger partial charge is 0.244 e. The highest BCUT2D eigenvalue weighted by Crippen LogP contribution is 2.25. The maximum Gasteiger partial charge on any atom is 0.244 e. The molecule has 2 aromatic carbocycles. The molecule has 0 unspecified atom stereocenters. The van der Waals surface area contributed by atoms with Crippen LogP contribution in [0.5, 0.6) is 0 Å². The third-order valence-electron chi connectivity index (χ3n) is 5.10. The molecule has 7 nitrogen and oxygen atoms in total. The molecule has 0 saturated carbocycles. The fraction of sp³-hybridized carbons (Fsp3) is 0.391. The number of nitrogens with zero attached hydrogens (tertiary/aromatic N) is 2. The van der Waals surface area contributed by atoms with Crippen molar-refractivity contribution in [2.75, 3.05) is 23.7 Å². The van der Waals surface area contributed by atoms with Crippen LogP contribution in [-0.4, -0.2) is 50.5 Å². The Kier molecular flexibility index (Phi) is 10.1. The minimum absolute atomic E-state index is 0.00165. The second-order valence-electron chi connectivity index (χ2n) is 7.70. The molecule has 2 rings (SSSR count). The monoisotopic (exact) mass is 531 g/mol. The minimum atomic E-state index is -3.95. The van der Waals surface area contributed by atoms with Crippen LogP contribution in [0.1, 0.15) is 32.3 Å². The molecule has 0 fully saturated rings. The lowest BCUT2D eigenvalue weighted by Crippen LogP contribution is -2.52. The summed E-state index contributed by atoms with van der Waals surface area (Å²) in [5, 5.41) is 2.92. The van der Waals surface area contributed by atoms with Crippen LogP contribution in [0.25, 0.3) is 0 Å². The highest BCUT2D eigenvalue weighted by atomic mass is 35.5. The van der Waals surface area contributed by atoms with Gasteiger partial charge in [-0.25, -0.2) is 12.8 Å². The first kappa shape index (κ1) is 27.9. The summed E-state index contributed by atoms with van der Waals surface area (Å²) < 4.78 is 39.5. The van der Waals surface area contributed by atoms with Crippen LogP contribution in [-0.2, 0) is 26.2 Å². The third kappa shape index (κ3) is 7.32. The van der Waals surface area contributed by atoms with Crippen LogP contribution in [0.15, 0.2) is 42.5 Å². The standard InChI is InChI=1S/C23H28Cl2FN3O4S/c1-4-12-27-23(31)21(5-2)28(14-16-8-6-7-9-18(16)24)22(30)15-29(34(3,32)33)17-10-11-20(26)19(25)13-17/h6-11,13,21H,4-5,12,14-15H2,1-3H3,(H,27,31)/t21-/m1/s1. The third-order valence-corrected chi connectivity index (χ3v) is 6.90. The van der Waals surface area contributed by atoms with E-state index in [4.69, 9.17) is 23.2 Å². The Hall–Kier alpha value is -2.36. The Morgan fingerprint density at radius 1 is 1.09 bits per heavy atom. The second kappa shape index (κ2) is 12.4. The van der Waals surface area contributed by atoms with Crippen molar-refractivity contribution in [3.05, 3.63) is 63.9 Å². The van der Waals surface area contributed by atoms with E-state index in [1.807, 2.05) is 6.92 Å². The van der Waals surface area contributed by atoms with E-state index >= 15 is 0 Å². The molecule has 2 amide bonds. The van der Waals surface area contributed by atoms with Crippen molar-refractivity contribution >= 4 is 50.7 Å². The van der Waals surface area contributed by atoms with E-state index < -0.39 is 34.3 Å². The Morgan fingerprint density at radius 2 is 1.76 bits per heavy atom. The molecule has 0 aliphatic rings. The minimum Gasteiger partial charge on any atom is -0.354 e. The maximum absolute atomic E-state index is 13.6. The van der Waals surface area contributed by atoms with Gasteiger partial charge in [-0.1, -0.05) is 55.2 Å². The summed E-state index contributed by atoms with van der Waals surface area (Å²) in [7, 11) is -3.95. The van der Waals surface area contributed by atoms with E-state index in [1.165, 1.54) is 11.0 Å². The summed E-state index contributed by atoms with van der Waals surface area (Å²) in [6, 6.07) is 9.42. The Balaban J connectivity index is 2.46. The van der Waals surface area contributed by atoms with E-state index in [2.05, 4.69) is 5.32 Å². The first-order chi connectivity index (χ1) is 16.0. The molecule has 0 bridgehead atoms. The number of carbonyl (C=O) groups excluding carboxylic acids is 2. The van der Waals surface area contributed by atoms with Gasteiger partial charge >= 0.3 is 0 Å². The fourth-order valence-electron chi connectivity index (χ4n) is 3.35. The van der Waals surface area contributed by atoms with Gasteiger partial charge in [-0.2, -0.15) is 0 Å². The molecule has 0 aliphatic carbocycles. The van der Waals surface area contributed by atoms with Crippen LogP contribution in [0.4, 0.5) is 10.1 Å². The number of rotatable bonds is 11. The van der Waals surface area contributed by atoms with Crippen molar-refractivity contribution in [1.82, 2.24) is 10.2 Å². The zero-order valence-electron chi connectivity index (χ0n) is 19.2. The quantitative estimate of drug-likeness (QED) is 0.469. The summed E-state index contributed by atoms with van der Waals surface area (Å²) in [6.07, 6.45) is 1.95. The van der Waals surface area contributed by atoms with Gasteiger partial charge in [-0.3, -0.25) is 13.9 Å². The molecule has 0 aliphatic heterocycles. The summed E-state index contributed by atoms with van der Waals surface area (Å²) >= 11 is 12.1. The topological polar surface area (TPSA) is 86.8 Å². The van der Waals surface area contributed by atoms with Crippen LogP contribution in [0.3, 0.4) is 0 Å². The lowest BCUT2D eigenvalue weighted by Gasteiger charge is -2.33. The highest BCUT2D eigenvalue weighted by molar-refractivity contribution is 7.92. The van der Waals surface area contributed by atoms with Crippen molar-refractivity contribution in [3.8, 4) is 0 Å². The molecule has 2 aromatic rings. The predicted molar refractivity (Wildman–Crippen MR) is 133 cm³/mol. The summed E-state index contributed by atoms with van der Waals surface area (Å²) in [5.41, 5.74) is 0.637. The van der Waals surface area contributed by atoms with Gasteiger partial charge in [-0.05, 0) is 42.7 Å². The van der Waals surface area contributed by atoms with Gasteiger partial charge in [0.25, 0.3) is 0 Å². The molecule has 34 heavy (non-hydrogen) atoms. The maximum atomic E-state index is 13.6. The van der Waals surface area contributed by atoms with Crippen molar-refractivity contribution in [2.45, 2.75) is 39.3 Å². The largest absolute Gasteiger partial charge is 0.354 e. The van der Waals surface area contributed by atoms with E-state index in [0.717, 1.165) is 22.7 Å². The number of benzene rings is 2. The van der Waals surface area contributed by atoms with Gasteiger partial charge < -0.3 is 10.2 Å². The molecule has 186 valence electrons. The molecule has 11 heteroatoms. The van der Waals surface area contributed by atoms with Crippen LogP contribution in [0, 0.1) is 5.82 Å². The van der Waals surface area contributed by atoms with E-state index in [-0.39, 0.29) is 23.2 Å². The normalized spacial score (nSPS) is 12.2. The molecule has 1 atom stereocenters. The summed E-state index contributed by atoms with van der Waals surface area (Å²) in [4.78, 5) is 27.7. The number of halogens is 3. The van der Waals surface area contributed by atoms with Crippen LogP contribution >= 0.6 is 23.2 Å². The average molecular weight is 532 g/mol. The molecule has 1 N–H and O–H groups in total. The Morgan fingerprint density at radius 3 is 2.32 bits per heavy atom. The SMILES string of the molecule is CCCNC(=O)[C@@H](CC)N(Cc1ccccc1Cl)C(=O)CN(c1ccc(F)c(Cl)c1)S(C)(=O)=O. The Labute approximate surface area is 209 Å². The molecule has 0 heterocycles.